The lowest BCUT2D eigenvalue weighted by Crippen LogP contribution is -2.25. The van der Waals surface area contributed by atoms with E-state index in [4.69, 9.17) is 0 Å². The van der Waals surface area contributed by atoms with Gasteiger partial charge >= 0.3 is 0 Å². The lowest BCUT2D eigenvalue weighted by molar-refractivity contribution is -0.116. The van der Waals surface area contributed by atoms with Gasteiger partial charge in [0.2, 0.25) is 5.91 Å². The third-order valence-corrected chi connectivity index (χ3v) is 4.05. The largest absolute Gasteiger partial charge is 0.340 e. The Balaban J connectivity index is 2.08. The first-order valence-corrected chi connectivity index (χ1v) is 7.74. The van der Waals surface area contributed by atoms with Crippen LogP contribution in [-0.2, 0) is 4.79 Å². The van der Waals surface area contributed by atoms with E-state index in [1.165, 1.54) is 0 Å². The van der Waals surface area contributed by atoms with Gasteiger partial charge in [-0.2, -0.15) is 0 Å². The Kier molecular flexibility index (Phi) is 3.91. The summed E-state index contributed by atoms with van der Waals surface area (Å²) in [6.07, 6.45) is 1.42. The maximum absolute atomic E-state index is 11.8. The van der Waals surface area contributed by atoms with Crippen molar-refractivity contribution in [3.63, 3.8) is 0 Å². The molecular weight excluding hydrogens is 363 g/mol. The maximum Gasteiger partial charge on any atom is 0.224 e. The molecule has 0 atom stereocenters. The minimum atomic E-state index is 0.0981. The molecule has 0 saturated heterocycles. The molecule has 3 nitrogen and oxygen atoms in total. The normalized spacial score (nSPS) is 15.1. The van der Waals surface area contributed by atoms with E-state index in [-0.39, 0.29) is 5.91 Å². The summed E-state index contributed by atoms with van der Waals surface area (Å²) in [5, 5.41) is 3.02. The molecule has 2 aromatic carbocycles. The van der Waals surface area contributed by atoms with Crippen LogP contribution in [0.2, 0.25) is 0 Å². The molecule has 0 radical (unpaired) electrons. The zero-order chi connectivity index (χ0) is 13.9. The second-order valence-corrected chi connectivity index (χ2v) is 6.05. The van der Waals surface area contributed by atoms with Crippen LogP contribution in [0.4, 0.5) is 17.1 Å². The minimum absolute atomic E-state index is 0.0981. The number of amides is 1. The molecule has 0 unspecified atom stereocenters. The topological polar surface area (TPSA) is 32.3 Å². The Morgan fingerprint density at radius 2 is 1.90 bits per heavy atom. The van der Waals surface area contributed by atoms with Gasteiger partial charge < -0.3 is 10.2 Å². The average molecular weight is 378 g/mol. The van der Waals surface area contributed by atoms with Crippen molar-refractivity contribution in [2.24, 2.45) is 0 Å². The van der Waals surface area contributed by atoms with Gasteiger partial charge in [0.05, 0.1) is 11.4 Å². The van der Waals surface area contributed by atoms with Crippen molar-refractivity contribution in [1.82, 2.24) is 0 Å². The number of hydrogen-bond donors (Lipinski definition) is 1. The van der Waals surface area contributed by atoms with Gasteiger partial charge in [0.25, 0.3) is 0 Å². The fourth-order valence-electron chi connectivity index (χ4n) is 2.45. The van der Waals surface area contributed by atoms with E-state index in [1.54, 1.807) is 0 Å². The molecule has 0 spiro atoms. The first-order chi connectivity index (χ1) is 9.74. The molecule has 2 aromatic rings. The van der Waals surface area contributed by atoms with Crippen LogP contribution < -0.4 is 10.2 Å². The molecule has 4 heteroatoms. The number of hydrogen-bond acceptors (Lipinski definition) is 2. The summed E-state index contributed by atoms with van der Waals surface area (Å²) in [6, 6.07) is 16.5. The van der Waals surface area contributed by atoms with Gasteiger partial charge in [0.1, 0.15) is 0 Å². The maximum atomic E-state index is 11.8. The highest BCUT2D eigenvalue weighted by molar-refractivity contribution is 14.1. The lowest BCUT2D eigenvalue weighted by atomic mass is 10.1. The van der Waals surface area contributed by atoms with Crippen LogP contribution in [0.1, 0.15) is 12.8 Å². The number of carbonyl (C=O) groups is 1. The van der Waals surface area contributed by atoms with Crippen molar-refractivity contribution >= 4 is 45.6 Å². The quantitative estimate of drug-likeness (QED) is 0.756. The van der Waals surface area contributed by atoms with Gasteiger partial charge in [0.15, 0.2) is 0 Å². The molecule has 20 heavy (non-hydrogen) atoms. The van der Waals surface area contributed by atoms with Gasteiger partial charge in [-0.15, -0.1) is 0 Å². The molecule has 0 aromatic heterocycles. The molecule has 1 aliphatic heterocycles. The van der Waals surface area contributed by atoms with Gasteiger partial charge in [-0.3, -0.25) is 4.79 Å². The van der Waals surface area contributed by atoms with Crippen molar-refractivity contribution in [3.05, 3.63) is 52.1 Å². The summed E-state index contributed by atoms with van der Waals surface area (Å²) in [7, 11) is 0. The van der Waals surface area contributed by atoms with Gasteiger partial charge in [0, 0.05) is 22.2 Å². The molecule has 0 bridgehead atoms. The van der Waals surface area contributed by atoms with Crippen LogP contribution in [0.15, 0.2) is 48.5 Å². The summed E-state index contributed by atoms with van der Waals surface area (Å²) in [5.41, 5.74) is 3.11. The average Bonchev–Trinajstić information content (AvgIpc) is 2.44. The molecule has 0 aliphatic carbocycles. The Morgan fingerprint density at radius 3 is 2.70 bits per heavy atom. The molecule has 0 fully saturated rings. The highest BCUT2D eigenvalue weighted by Gasteiger charge is 2.18. The molecule has 102 valence electrons. The van der Waals surface area contributed by atoms with Crippen LogP contribution in [0.25, 0.3) is 0 Å². The van der Waals surface area contributed by atoms with Crippen LogP contribution in [0.5, 0.6) is 0 Å². The summed E-state index contributed by atoms with van der Waals surface area (Å²) < 4.78 is 1.12. The Labute approximate surface area is 132 Å². The van der Waals surface area contributed by atoms with E-state index in [0.717, 1.165) is 33.6 Å². The van der Waals surface area contributed by atoms with Crippen molar-refractivity contribution in [1.29, 1.82) is 0 Å². The van der Waals surface area contributed by atoms with Crippen LogP contribution in [0, 0.1) is 3.57 Å². The third kappa shape index (κ3) is 2.80. The zero-order valence-corrected chi connectivity index (χ0v) is 13.1. The van der Waals surface area contributed by atoms with E-state index in [2.05, 4.69) is 57.1 Å². The van der Waals surface area contributed by atoms with E-state index < -0.39 is 0 Å². The number of carbonyl (C=O) groups excluding carboxylic acids is 1. The van der Waals surface area contributed by atoms with Gasteiger partial charge in [-0.05, 0) is 59.3 Å². The van der Waals surface area contributed by atoms with Crippen LogP contribution >= 0.6 is 22.6 Å². The Hall–Kier alpha value is -1.56. The third-order valence-electron chi connectivity index (χ3n) is 3.38. The first-order valence-electron chi connectivity index (χ1n) is 6.66. The fraction of sp³-hybridized carbons (Fsp3) is 0.188. The van der Waals surface area contributed by atoms with Crippen molar-refractivity contribution < 1.29 is 4.79 Å². The summed E-state index contributed by atoms with van der Waals surface area (Å²) in [6.45, 7) is 0.852. The predicted molar refractivity (Wildman–Crippen MR) is 90.5 cm³/mol. The number of halogens is 1. The van der Waals surface area contributed by atoms with Crippen molar-refractivity contribution in [2.45, 2.75) is 12.8 Å². The highest BCUT2D eigenvalue weighted by atomic mass is 127. The summed E-state index contributed by atoms with van der Waals surface area (Å²) in [4.78, 5) is 14.1. The van der Waals surface area contributed by atoms with Crippen molar-refractivity contribution in [2.75, 3.05) is 16.8 Å². The standard InChI is InChI=1S/C16H15IN2O/c17-12-8-9-15-14(11-12)18-16(20)7-4-10-19(15)13-5-2-1-3-6-13/h1-3,5-6,8-9,11H,4,7,10H2,(H,18,20). The fourth-order valence-corrected chi connectivity index (χ4v) is 2.94. The molecule has 1 aliphatic rings. The molecule has 1 amide bonds. The van der Waals surface area contributed by atoms with E-state index >= 15 is 0 Å². The number of fused-ring (bicyclic) bond motifs is 1. The summed E-state index contributed by atoms with van der Waals surface area (Å²) >= 11 is 2.27. The smallest absolute Gasteiger partial charge is 0.224 e. The number of nitrogens with zero attached hydrogens (tertiary/aromatic N) is 1. The molecule has 3 rings (SSSR count). The van der Waals surface area contributed by atoms with E-state index in [0.29, 0.717) is 6.42 Å². The number of nitrogens with one attached hydrogen (secondary N) is 1. The summed E-state index contributed by atoms with van der Waals surface area (Å²) in [5.74, 6) is 0.0981. The molecule has 1 heterocycles. The number of anilines is 3. The van der Waals surface area contributed by atoms with Crippen LogP contribution in [0.3, 0.4) is 0 Å². The lowest BCUT2D eigenvalue weighted by Gasteiger charge is -2.29. The van der Waals surface area contributed by atoms with Gasteiger partial charge in [-0.25, -0.2) is 0 Å². The van der Waals surface area contributed by atoms with E-state index in [1.807, 2.05) is 24.3 Å². The zero-order valence-electron chi connectivity index (χ0n) is 11.0. The SMILES string of the molecule is O=C1CCCN(c2ccccc2)c2ccc(I)cc2N1. The second-order valence-electron chi connectivity index (χ2n) is 4.80. The molecular formula is C16H15IN2O. The molecule has 1 N–H and O–H groups in total. The minimum Gasteiger partial charge on any atom is -0.340 e. The predicted octanol–water partition coefficient (Wildman–Crippen LogP) is 4.16. The molecule has 0 saturated carbocycles. The van der Waals surface area contributed by atoms with Crippen LogP contribution in [-0.4, -0.2) is 12.5 Å². The van der Waals surface area contributed by atoms with Gasteiger partial charge in [-0.1, -0.05) is 18.2 Å². The monoisotopic (exact) mass is 378 g/mol. The highest BCUT2D eigenvalue weighted by Crippen LogP contribution is 2.34. The number of rotatable bonds is 1. The number of para-hydroxylation sites is 1. The Bertz CT molecular complexity index is 628. The number of benzene rings is 2. The second kappa shape index (κ2) is 5.83. The van der Waals surface area contributed by atoms with E-state index in [9.17, 15) is 4.79 Å². The Morgan fingerprint density at radius 1 is 1.10 bits per heavy atom. The first kappa shape index (κ1) is 13.4. The van der Waals surface area contributed by atoms with Crippen molar-refractivity contribution in [3.8, 4) is 0 Å².